The second kappa shape index (κ2) is 5.96. The van der Waals surface area contributed by atoms with E-state index in [2.05, 4.69) is 10.2 Å². The van der Waals surface area contributed by atoms with Gasteiger partial charge in [-0.3, -0.25) is 0 Å². The van der Waals surface area contributed by atoms with Gasteiger partial charge in [-0.25, -0.2) is 0 Å². The molecule has 0 aromatic carbocycles. The molecule has 0 amide bonds. The fourth-order valence-electron chi connectivity index (χ4n) is 4.90. The van der Waals surface area contributed by atoms with Crippen molar-refractivity contribution in [2.45, 2.75) is 63.8 Å². The van der Waals surface area contributed by atoms with Crippen molar-refractivity contribution >= 4 is 0 Å². The molecule has 0 aromatic heterocycles. The van der Waals surface area contributed by atoms with E-state index in [0.29, 0.717) is 0 Å². The first-order valence-corrected chi connectivity index (χ1v) is 9.36. The fourth-order valence-corrected chi connectivity index (χ4v) is 4.90. The molecular formula is C18H32N2. The van der Waals surface area contributed by atoms with Gasteiger partial charge in [0, 0.05) is 25.7 Å². The van der Waals surface area contributed by atoms with Crippen LogP contribution in [0.25, 0.3) is 0 Å². The summed E-state index contributed by atoms with van der Waals surface area (Å²) in [5.41, 5.74) is 0. The Morgan fingerprint density at radius 2 is 1.55 bits per heavy atom. The van der Waals surface area contributed by atoms with Crippen molar-refractivity contribution in [2.24, 2.45) is 23.7 Å². The highest BCUT2D eigenvalue weighted by atomic mass is 15.2. The van der Waals surface area contributed by atoms with Crippen LogP contribution in [0.1, 0.15) is 57.8 Å². The second-order valence-electron chi connectivity index (χ2n) is 8.05. The maximum Gasteiger partial charge on any atom is 0.0124 e. The molecule has 1 aliphatic heterocycles. The molecule has 2 heteroatoms. The summed E-state index contributed by atoms with van der Waals surface area (Å²) in [6, 6.07) is 0.891. The van der Waals surface area contributed by atoms with Crippen LogP contribution in [0.5, 0.6) is 0 Å². The number of hydrogen-bond donors (Lipinski definition) is 1. The molecule has 0 aromatic rings. The highest BCUT2D eigenvalue weighted by Gasteiger charge is 2.41. The first kappa shape index (κ1) is 13.6. The van der Waals surface area contributed by atoms with E-state index in [1.54, 1.807) is 0 Å². The Hall–Kier alpha value is -0.0800. The van der Waals surface area contributed by atoms with Crippen molar-refractivity contribution in [3.8, 4) is 0 Å². The molecule has 1 N–H and O–H groups in total. The molecule has 0 bridgehead atoms. The maximum absolute atomic E-state index is 3.92. The SMILES string of the molecule is C1CCC2CN(CCNC(C3CC3)C3CC3)CCC2C1. The van der Waals surface area contributed by atoms with Gasteiger partial charge in [-0.15, -0.1) is 0 Å². The van der Waals surface area contributed by atoms with Gasteiger partial charge in [-0.1, -0.05) is 19.3 Å². The standard InChI is InChI=1S/C18H32N2/c1-2-4-17-13-20(11-9-14(17)3-1)12-10-19-18(15-5-6-15)16-7-8-16/h14-19H,1-13H2. The van der Waals surface area contributed by atoms with Crippen molar-refractivity contribution in [2.75, 3.05) is 26.2 Å². The Morgan fingerprint density at radius 1 is 0.850 bits per heavy atom. The zero-order valence-electron chi connectivity index (χ0n) is 13.0. The van der Waals surface area contributed by atoms with Crippen LogP contribution in [0, 0.1) is 23.7 Å². The van der Waals surface area contributed by atoms with Gasteiger partial charge in [-0.05, 0) is 68.7 Å². The van der Waals surface area contributed by atoms with Gasteiger partial charge in [0.05, 0.1) is 0 Å². The Bertz CT molecular complexity index is 309. The van der Waals surface area contributed by atoms with E-state index >= 15 is 0 Å². The number of fused-ring (bicyclic) bond motifs is 1. The topological polar surface area (TPSA) is 15.3 Å². The molecule has 2 nitrogen and oxygen atoms in total. The molecule has 4 aliphatic rings. The van der Waals surface area contributed by atoms with Gasteiger partial charge in [0.25, 0.3) is 0 Å². The Balaban J connectivity index is 1.19. The summed E-state index contributed by atoms with van der Waals surface area (Å²) in [6.07, 6.45) is 13.5. The molecule has 0 spiro atoms. The van der Waals surface area contributed by atoms with E-state index < -0.39 is 0 Å². The van der Waals surface area contributed by atoms with Crippen LogP contribution < -0.4 is 5.32 Å². The number of rotatable bonds is 6. The lowest BCUT2D eigenvalue weighted by Crippen LogP contribution is -2.45. The van der Waals surface area contributed by atoms with Crippen molar-refractivity contribution in [1.29, 1.82) is 0 Å². The minimum atomic E-state index is 0.891. The lowest BCUT2D eigenvalue weighted by Gasteiger charge is -2.41. The Labute approximate surface area is 124 Å². The van der Waals surface area contributed by atoms with E-state index in [1.807, 2.05) is 0 Å². The number of nitrogens with zero attached hydrogens (tertiary/aromatic N) is 1. The quantitative estimate of drug-likeness (QED) is 0.801. The van der Waals surface area contributed by atoms with Crippen molar-refractivity contribution in [1.82, 2.24) is 10.2 Å². The van der Waals surface area contributed by atoms with Gasteiger partial charge < -0.3 is 10.2 Å². The molecule has 4 fully saturated rings. The third kappa shape index (κ3) is 3.22. The van der Waals surface area contributed by atoms with Crippen LogP contribution in [0.3, 0.4) is 0 Å². The molecule has 2 atom stereocenters. The molecule has 1 saturated heterocycles. The summed E-state index contributed by atoms with van der Waals surface area (Å²) < 4.78 is 0. The van der Waals surface area contributed by atoms with Crippen LogP contribution in [0.2, 0.25) is 0 Å². The molecule has 3 aliphatic carbocycles. The molecular weight excluding hydrogens is 244 g/mol. The smallest absolute Gasteiger partial charge is 0.0124 e. The molecule has 0 radical (unpaired) electrons. The van der Waals surface area contributed by atoms with Crippen molar-refractivity contribution < 1.29 is 0 Å². The van der Waals surface area contributed by atoms with E-state index in [-0.39, 0.29) is 0 Å². The maximum atomic E-state index is 3.92. The number of hydrogen-bond acceptors (Lipinski definition) is 2. The van der Waals surface area contributed by atoms with Gasteiger partial charge in [-0.2, -0.15) is 0 Å². The van der Waals surface area contributed by atoms with Crippen LogP contribution in [0.4, 0.5) is 0 Å². The first-order chi connectivity index (χ1) is 9.90. The molecule has 1 heterocycles. The summed E-state index contributed by atoms with van der Waals surface area (Å²) in [4.78, 5) is 2.76. The van der Waals surface area contributed by atoms with E-state index in [0.717, 1.165) is 29.7 Å². The molecule has 114 valence electrons. The van der Waals surface area contributed by atoms with Gasteiger partial charge in [0.2, 0.25) is 0 Å². The Kier molecular flexibility index (Phi) is 4.05. The van der Waals surface area contributed by atoms with Crippen LogP contribution >= 0.6 is 0 Å². The highest BCUT2D eigenvalue weighted by Crippen LogP contribution is 2.44. The van der Waals surface area contributed by atoms with Crippen LogP contribution in [-0.2, 0) is 0 Å². The van der Waals surface area contributed by atoms with Gasteiger partial charge in [0.1, 0.15) is 0 Å². The molecule has 4 rings (SSSR count). The monoisotopic (exact) mass is 276 g/mol. The molecule has 3 saturated carbocycles. The normalized spacial score (nSPS) is 35.2. The van der Waals surface area contributed by atoms with E-state index in [4.69, 9.17) is 0 Å². The van der Waals surface area contributed by atoms with Crippen molar-refractivity contribution in [3.63, 3.8) is 0 Å². The third-order valence-electron chi connectivity index (χ3n) is 6.44. The zero-order valence-corrected chi connectivity index (χ0v) is 13.0. The van der Waals surface area contributed by atoms with Gasteiger partial charge >= 0.3 is 0 Å². The van der Waals surface area contributed by atoms with E-state index in [1.165, 1.54) is 84.0 Å². The molecule has 20 heavy (non-hydrogen) atoms. The van der Waals surface area contributed by atoms with Gasteiger partial charge in [0.15, 0.2) is 0 Å². The predicted octanol–water partition coefficient (Wildman–Crippen LogP) is 3.28. The zero-order chi connectivity index (χ0) is 13.4. The minimum absolute atomic E-state index is 0.891. The second-order valence-corrected chi connectivity index (χ2v) is 8.05. The van der Waals surface area contributed by atoms with E-state index in [9.17, 15) is 0 Å². The van der Waals surface area contributed by atoms with Crippen molar-refractivity contribution in [3.05, 3.63) is 0 Å². The lowest BCUT2D eigenvalue weighted by atomic mass is 9.75. The first-order valence-electron chi connectivity index (χ1n) is 9.36. The average Bonchev–Trinajstić information content (AvgIpc) is 3.37. The summed E-state index contributed by atoms with van der Waals surface area (Å²) >= 11 is 0. The number of likely N-dealkylation sites (tertiary alicyclic amines) is 1. The third-order valence-corrected chi connectivity index (χ3v) is 6.44. The number of nitrogens with one attached hydrogen (secondary N) is 1. The number of piperidine rings is 1. The molecule has 2 unspecified atom stereocenters. The summed E-state index contributed by atoms with van der Waals surface area (Å²) in [5.74, 6) is 4.22. The summed E-state index contributed by atoms with van der Waals surface area (Å²) in [5, 5.41) is 3.92. The summed E-state index contributed by atoms with van der Waals surface area (Å²) in [6.45, 7) is 5.33. The Morgan fingerprint density at radius 3 is 2.25 bits per heavy atom. The van der Waals surface area contributed by atoms with Crippen LogP contribution in [-0.4, -0.2) is 37.1 Å². The summed E-state index contributed by atoms with van der Waals surface area (Å²) in [7, 11) is 0. The predicted molar refractivity (Wildman–Crippen MR) is 83.7 cm³/mol. The highest BCUT2D eigenvalue weighted by molar-refractivity contribution is 4.96. The average molecular weight is 276 g/mol. The fraction of sp³-hybridized carbons (Fsp3) is 1.00. The minimum Gasteiger partial charge on any atom is -0.312 e. The van der Waals surface area contributed by atoms with Crippen LogP contribution in [0.15, 0.2) is 0 Å². The largest absolute Gasteiger partial charge is 0.312 e. The lowest BCUT2D eigenvalue weighted by molar-refractivity contribution is 0.0866.